The van der Waals surface area contributed by atoms with Gasteiger partial charge in [0.25, 0.3) is 5.91 Å². The van der Waals surface area contributed by atoms with Crippen molar-refractivity contribution in [2.24, 2.45) is 0 Å². The first-order chi connectivity index (χ1) is 21.7. The summed E-state index contributed by atoms with van der Waals surface area (Å²) in [4.78, 5) is 31.3. The first kappa shape index (κ1) is 31.1. The number of nitrogens with one attached hydrogen (secondary N) is 1. The summed E-state index contributed by atoms with van der Waals surface area (Å²) < 4.78 is 6.35. The molecule has 2 aliphatic heterocycles. The number of carbonyl (C=O) groups is 2. The van der Waals surface area contributed by atoms with Gasteiger partial charge in [0.1, 0.15) is 5.75 Å². The van der Waals surface area contributed by atoms with Gasteiger partial charge in [0.05, 0.1) is 12.6 Å². The fourth-order valence-corrected chi connectivity index (χ4v) is 7.06. The molecule has 3 aromatic carbocycles. The Morgan fingerprint density at radius 1 is 0.933 bits per heavy atom. The average Bonchev–Trinajstić information content (AvgIpc) is 3.86. The Bertz CT molecular complexity index is 1600. The van der Waals surface area contributed by atoms with Crippen molar-refractivity contribution in [3.63, 3.8) is 0 Å². The van der Waals surface area contributed by atoms with Crippen molar-refractivity contribution in [2.75, 3.05) is 26.2 Å². The molecule has 2 heterocycles. The fraction of sp³-hybridized carbons (Fsp3) is 0.436. The van der Waals surface area contributed by atoms with E-state index in [-0.39, 0.29) is 29.9 Å². The van der Waals surface area contributed by atoms with E-state index in [9.17, 15) is 9.59 Å². The number of rotatable bonds is 10. The second-order valence-electron chi connectivity index (χ2n) is 13.4. The lowest BCUT2D eigenvalue weighted by atomic mass is 9.81. The van der Waals surface area contributed by atoms with Crippen LogP contribution in [-0.2, 0) is 22.4 Å². The zero-order chi connectivity index (χ0) is 31.7. The Kier molecular flexibility index (Phi) is 9.14. The number of fused-ring (bicyclic) bond motifs is 2. The Morgan fingerprint density at radius 2 is 1.69 bits per heavy atom. The minimum Gasteiger partial charge on any atom is -0.493 e. The Hall–Kier alpha value is -3.90. The molecule has 2 bridgehead atoms. The third kappa shape index (κ3) is 7.01. The van der Waals surface area contributed by atoms with E-state index in [1.165, 1.54) is 33.4 Å². The Morgan fingerprint density at radius 3 is 2.42 bits per heavy atom. The summed E-state index contributed by atoms with van der Waals surface area (Å²) in [5, 5.41) is 3.74. The summed E-state index contributed by atoms with van der Waals surface area (Å²) in [6.07, 6.45) is 4.39. The molecule has 236 valence electrons. The highest BCUT2D eigenvalue weighted by molar-refractivity contribution is 6.04. The molecular weight excluding hydrogens is 558 g/mol. The topological polar surface area (TPSA) is 61.9 Å². The molecule has 1 N–H and O–H groups in total. The summed E-state index contributed by atoms with van der Waals surface area (Å²) in [6.45, 7) is 12.5. The van der Waals surface area contributed by atoms with Gasteiger partial charge in [0, 0.05) is 50.6 Å². The SMILES string of the molecule is CC(=O)N1CC2CC(c3ccccc3CCOc3cc(C)cc(C)c3C)=C(C(=O)N(CCc3ccc(C)cc3)C3CC3)[C@@H](C1)N2. The zero-order valence-corrected chi connectivity index (χ0v) is 27.5. The number of amides is 2. The highest BCUT2D eigenvalue weighted by atomic mass is 16.5. The van der Waals surface area contributed by atoms with Gasteiger partial charge < -0.3 is 19.9 Å². The number of carbonyl (C=O) groups excluding carboxylic acids is 2. The van der Waals surface area contributed by atoms with Gasteiger partial charge in [0.15, 0.2) is 0 Å². The molecule has 2 amide bonds. The molecular formula is C39H47N3O3. The molecule has 45 heavy (non-hydrogen) atoms. The molecule has 6 heteroatoms. The maximum Gasteiger partial charge on any atom is 0.252 e. The van der Waals surface area contributed by atoms with Crippen molar-refractivity contribution in [1.29, 1.82) is 0 Å². The summed E-state index contributed by atoms with van der Waals surface area (Å²) in [5.74, 6) is 1.13. The number of aryl methyl sites for hydroxylation is 3. The quantitative estimate of drug-likeness (QED) is 0.303. The highest BCUT2D eigenvalue weighted by Gasteiger charge is 2.43. The van der Waals surface area contributed by atoms with Crippen molar-refractivity contribution in [3.8, 4) is 5.75 Å². The second-order valence-corrected chi connectivity index (χ2v) is 13.4. The third-order valence-corrected chi connectivity index (χ3v) is 9.83. The lowest BCUT2D eigenvalue weighted by Crippen LogP contribution is -2.62. The van der Waals surface area contributed by atoms with Crippen LogP contribution in [0.2, 0.25) is 0 Å². The highest BCUT2D eigenvalue weighted by Crippen LogP contribution is 2.38. The van der Waals surface area contributed by atoms with Crippen LogP contribution in [-0.4, -0.2) is 66.0 Å². The molecule has 2 atom stereocenters. The summed E-state index contributed by atoms with van der Waals surface area (Å²) >= 11 is 0. The van der Waals surface area contributed by atoms with Crippen molar-refractivity contribution in [1.82, 2.24) is 15.1 Å². The largest absolute Gasteiger partial charge is 0.493 e. The van der Waals surface area contributed by atoms with E-state index in [1.54, 1.807) is 6.92 Å². The molecule has 2 fully saturated rings. The van der Waals surface area contributed by atoms with Crippen LogP contribution in [0.15, 0.2) is 66.2 Å². The van der Waals surface area contributed by atoms with E-state index >= 15 is 0 Å². The second kappa shape index (κ2) is 13.2. The smallest absolute Gasteiger partial charge is 0.252 e. The van der Waals surface area contributed by atoms with Crippen LogP contribution >= 0.6 is 0 Å². The van der Waals surface area contributed by atoms with E-state index in [4.69, 9.17) is 4.74 Å². The van der Waals surface area contributed by atoms with Gasteiger partial charge in [-0.2, -0.15) is 0 Å². The molecule has 1 saturated carbocycles. The first-order valence-electron chi connectivity index (χ1n) is 16.6. The van der Waals surface area contributed by atoms with Crippen molar-refractivity contribution < 1.29 is 14.3 Å². The molecule has 3 aromatic rings. The zero-order valence-electron chi connectivity index (χ0n) is 27.5. The summed E-state index contributed by atoms with van der Waals surface area (Å²) in [6, 6.07) is 21.7. The monoisotopic (exact) mass is 605 g/mol. The predicted octanol–water partition coefficient (Wildman–Crippen LogP) is 6.12. The van der Waals surface area contributed by atoms with Crippen LogP contribution in [0.1, 0.15) is 65.1 Å². The Balaban J connectivity index is 1.32. The third-order valence-electron chi connectivity index (χ3n) is 9.83. The van der Waals surface area contributed by atoms with Crippen LogP contribution < -0.4 is 10.1 Å². The van der Waals surface area contributed by atoms with Crippen LogP contribution in [0.25, 0.3) is 5.57 Å². The van der Waals surface area contributed by atoms with Gasteiger partial charge >= 0.3 is 0 Å². The van der Waals surface area contributed by atoms with Gasteiger partial charge in [0.2, 0.25) is 5.91 Å². The van der Waals surface area contributed by atoms with Gasteiger partial charge in [-0.1, -0.05) is 60.2 Å². The standard InChI is InChI=1S/C39H47N3O3/c1-25-10-12-30(13-11-25)16-18-42(33-14-15-33)39(44)38-35(22-32-23-41(29(5)43)24-36(38)40-32)34-9-7-6-8-31(34)17-19-45-37-21-26(2)20-27(3)28(37)4/h6-13,20-21,32-33,36,40H,14-19,22-24H2,1-5H3/t32?,36-/m1/s1. The minimum absolute atomic E-state index is 0.0689. The van der Waals surface area contributed by atoms with Gasteiger partial charge in [-0.25, -0.2) is 0 Å². The van der Waals surface area contributed by atoms with Crippen LogP contribution in [0.4, 0.5) is 0 Å². The van der Waals surface area contributed by atoms with Crippen molar-refractivity contribution in [3.05, 3.63) is 105 Å². The van der Waals surface area contributed by atoms with E-state index in [2.05, 4.69) is 98.6 Å². The lowest BCUT2D eigenvalue weighted by molar-refractivity contribution is -0.132. The maximum absolute atomic E-state index is 14.7. The molecule has 0 spiro atoms. The maximum atomic E-state index is 14.7. The van der Waals surface area contributed by atoms with Gasteiger partial charge in [-0.05, 0) is 98.4 Å². The molecule has 1 saturated heterocycles. The molecule has 1 unspecified atom stereocenters. The van der Waals surface area contributed by atoms with Gasteiger partial charge in [-0.3, -0.25) is 9.59 Å². The molecule has 0 radical (unpaired) electrons. The normalized spacial score (nSPS) is 19.4. The van der Waals surface area contributed by atoms with Crippen LogP contribution in [0, 0.1) is 27.7 Å². The van der Waals surface area contributed by atoms with Crippen LogP contribution in [0.5, 0.6) is 5.75 Å². The lowest BCUT2D eigenvalue weighted by Gasteiger charge is -2.45. The Labute approximate surface area is 268 Å². The van der Waals surface area contributed by atoms with E-state index < -0.39 is 0 Å². The molecule has 1 aliphatic carbocycles. The van der Waals surface area contributed by atoms with Crippen molar-refractivity contribution in [2.45, 2.75) is 84.8 Å². The minimum atomic E-state index is -0.188. The number of nitrogens with zero attached hydrogens (tertiary/aromatic N) is 2. The number of hydrogen-bond acceptors (Lipinski definition) is 4. The summed E-state index contributed by atoms with van der Waals surface area (Å²) in [7, 11) is 0. The van der Waals surface area contributed by atoms with Crippen LogP contribution in [0.3, 0.4) is 0 Å². The van der Waals surface area contributed by atoms with Gasteiger partial charge in [-0.15, -0.1) is 0 Å². The number of hydrogen-bond donors (Lipinski definition) is 1. The van der Waals surface area contributed by atoms with E-state index in [1.807, 2.05) is 4.90 Å². The van der Waals surface area contributed by atoms with E-state index in [0.717, 1.165) is 48.1 Å². The number of piperazine rings is 1. The molecule has 6 rings (SSSR count). The fourth-order valence-electron chi connectivity index (χ4n) is 7.06. The first-order valence-corrected chi connectivity index (χ1v) is 16.6. The molecule has 6 nitrogen and oxygen atoms in total. The van der Waals surface area contributed by atoms with Crippen molar-refractivity contribution >= 4 is 17.4 Å². The van der Waals surface area contributed by atoms with E-state index in [0.29, 0.717) is 32.7 Å². The number of benzene rings is 3. The number of ether oxygens (including phenoxy) is 1. The predicted molar refractivity (Wildman–Crippen MR) is 180 cm³/mol. The molecule has 3 aliphatic rings. The molecule has 0 aromatic heterocycles. The summed E-state index contributed by atoms with van der Waals surface area (Å²) in [5.41, 5.74) is 10.4. The average molecular weight is 606 g/mol.